The van der Waals surface area contributed by atoms with Crippen LogP contribution in [0.5, 0.6) is 0 Å². The topological polar surface area (TPSA) is 76.2 Å². The number of hydrogen-bond donors (Lipinski definition) is 2. The van der Waals surface area contributed by atoms with E-state index in [4.69, 9.17) is 28.9 Å². The van der Waals surface area contributed by atoms with Crippen LogP contribution >= 0.6 is 23.2 Å². The fourth-order valence-electron chi connectivity index (χ4n) is 2.20. The molecule has 0 spiro atoms. The van der Waals surface area contributed by atoms with Gasteiger partial charge >= 0.3 is 0 Å². The van der Waals surface area contributed by atoms with E-state index >= 15 is 0 Å². The predicted molar refractivity (Wildman–Crippen MR) is 106 cm³/mol. The Morgan fingerprint density at radius 3 is 2.68 bits per heavy atom. The maximum Gasteiger partial charge on any atom is 0.132 e. The number of nitrogens with zero attached hydrogens (tertiary/aromatic N) is 3. The van der Waals surface area contributed by atoms with Gasteiger partial charge in [0, 0.05) is 29.0 Å². The lowest BCUT2D eigenvalue weighted by Gasteiger charge is -2.11. The monoisotopic (exact) mass is 377 g/mol. The van der Waals surface area contributed by atoms with Gasteiger partial charge in [-0.05, 0) is 57.2 Å². The Balaban J connectivity index is 1.98. The molecule has 0 unspecified atom stereocenters. The smallest absolute Gasteiger partial charge is 0.132 e. The number of rotatable bonds is 6. The summed E-state index contributed by atoms with van der Waals surface area (Å²) in [6.45, 7) is 6.54. The molecule has 0 saturated carbocycles. The fourth-order valence-corrected chi connectivity index (χ4v) is 2.65. The highest BCUT2D eigenvalue weighted by atomic mass is 35.5. The third-order valence-electron chi connectivity index (χ3n) is 3.70. The average Bonchev–Trinajstić information content (AvgIpc) is 2.56. The Bertz CT molecular complexity index is 815. The Morgan fingerprint density at radius 1 is 1.24 bits per heavy atom. The molecule has 0 radical (unpaired) electrons. The van der Waals surface area contributed by atoms with Crippen LogP contribution in [0.25, 0.3) is 0 Å². The molecular formula is C18H21Cl2N5. The Morgan fingerprint density at radius 2 is 2.00 bits per heavy atom. The van der Waals surface area contributed by atoms with Gasteiger partial charge in [0.05, 0.1) is 10.7 Å². The highest BCUT2D eigenvalue weighted by Gasteiger charge is 2.05. The summed E-state index contributed by atoms with van der Waals surface area (Å²) < 4.78 is 0. The summed E-state index contributed by atoms with van der Waals surface area (Å²) in [5.41, 5.74) is 9.26. The number of aryl methyl sites for hydroxylation is 2. The van der Waals surface area contributed by atoms with Crippen LogP contribution in [0.15, 0.2) is 35.0 Å². The van der Waals surface area contributed by atoms with E-state index in [1.807, 2.05) is 20.8 Å². The van der Waals surface area contributed by atoms with Gasteiger partial charge in [0.25, 0.3) is 0 Å². The first kappa shape index (κ1) is 19.2. The average molecular weight is 378 g/mol. The Kier molecular flexibility index (Phi) is 6.79. The number of anilines is 1. The van der Waals surface area contributed by atoms with Crippen LogP contribution in [-0.2, 0) is 0 Å². The van der Waals surface area contributed by atoms with Gasteiger partial charge < -0.3 is 11.1 Å². The second-order valence-electron chi connectivity index (χ2n) is 5.60. The van der Waals surface area contributed by atoms with E-state index < -0.39 is 0 Å². The summed E-state index contributed by atoms with van der Waals surface area (Å²) in [5.74, 6) is 1.60. The van der Waals surface area contributed by atoms with Crippen molar-refractivity contribution < 1.29 is 0 Å². The van der Waals surface area contributed by atoms with E-state index in [2.05, 4.69) is 20.3 Å². The molecule has 5 nitrogen and oxygen atoms in total. The molecule has 1 aromatic carbocycles. The summed E-state index contributed by atoms with van der Waals surface area (Å²) in [4.78, 5) is 13.2. The van der Waals surface area contributed by atoms with Gasteiger partial charge in [-0.3, -0.25) is 4.99 Å². The van der Waals surface area contributed by atoms with E-state index in [-0.39, 0.29) is 0 Å². The van der Waals surface area contributed by atoms with Gasteiger partial charge in [0.2, 0.25) is 0 Å². The molecular weight excluding hydrogens is 357 g/mol. The quantitative estimate of drug-likeness (QED) is 0.711. The summed E-state index contributed by atoms with van der Waals surface area (Å²) in [5, 5.41) is 4.40. The number of benzene rings is 1. The van der Waals surface area contributed by atoms with Gasteiger partial charge in [-0.2, -0.15) is 0 Å². The number of nitrogens with two attached hydrogens (primary N) is 1. The Labute approximate surface area is 158 Å². The van der Waals surface area contributed by atoms with Crippen molar-refractivity contribution in [1.82, 2.24) is 9.97 Å². The maximum absolute atomic E-state index is 6.11. The van der Waals surface area contributed by atoms with E-state index in [1.165, 1.54) is 0 Å². The molecule has 2 rings (SSSR count). The van der Waals surface area contributed by atoms with Gasteiger partial charge in [0.15, 0.2) is 0 Å². The predicted octanol–water partition coefficient (Wildman–Crippen LogP) is 4.76. The Hall–Kier alpha value is -2.11. The van der Waals surface area contributed by atoms with Gasteiger partial charge in [0.1, 0.15) is 11.6 Å². The minimum Gasteiger partial charge on any atom is -0.404 e. The normalized spacial score (nSPS) is 12.0. The number of hydrogen-bond acceptors (Lipinski definition) is 5. The molecule has 0 fully saturated rings. The first-order valence-corrected chi connectivity index (χ1v) is 8.62. The van der Waals surface area contributed by atoms with Gasteiger partial charge in [-0.15, -0.1) is 0 Å². The van der Waals surface area contributed by atoms with Crippen molar-refractivity contribution in [2.45, 2.75) is 27.2 Å². The summed E-state index contributed by atoms with van der Waals surface area (Å²) in [6, 6.07) is 5.17. The SMILES string of the molecule is Cc1nc(C)c(C)c(NCCC(C=Nc2ccc(Cl)cc2Cl)=CN)n1. The zero-order valence-corrected chi connectivity index (χ0v) is 16.0. The van der Waals surface area contributed by atoms with E-state index in [1.54, 1.807) is 30.6 Å². The van der Waals surface area contributed by atoms with Crippen molar-refractivity contribution in [3.05, 3.63) is 57.1 Å². The third kappa shape index (κ3) is 5.44. The number of aliphatic imine (C=N–C) groups is 1. The van der Waals surface area contributed by atoms with Crippen LogP contribution in [-0.4, -0.2) is 22.7 Å². The summed E-state index contributed by atoms with van der Waals surface area (Å²) >= 11 is 12.0. The van der Waals surface area contributed by atoms with Crippen LogP contribution in [0.3, 0.4) is 0 Å². The lowest BCUT2D eigenvalue weighted by molar-refractivity contribution is 0.954. The van der Waals surface area contributed by atoms with E-state index in [9.17, 15) is 0 Å². The molecule has 3 N–H and O–H groups in total. The van der Waals surface area contributed by atoms with Crippen LogP contribution in [0, 0.1) is 20.8 Å². The van der Waals surface area contributed by atoms with Crippen LogP contribution in [0.2, 0.25) is 10.0 Å². The molecule has 0 aliphatic carbocycles. The minimum atomic E-state index is 0.501. The van der Waals surface area contributed by atoms with Crippen LogP contribution in [0.4, 0.5) is 11.5 Å². The zero-order valence-electron chi connectivity index (χ0n) is 14.5. The second-order valence-corrected chi connectivity index (χ2v) is 6.45. The van der Waals surface area contributed by atoms with Crippen LogP contribution in [0.1, 0.15) is 23.5 Å². The summed E-state index contributed by atoms with van der Waals surface area (Å²) in [7, 11) is 0. The van der Waals surface area contributed by atoms with Crippen molar-refractivity contribution >= 4 is 40.9 Å². The fraction of sp³-hybridized carbons (Fsp3) is 0.278. The summed E-state index contributed by atoms with van der Waals surface area (Å²) in [6.07, 6.45) is 3.95. The molecule has 2 aromatic rings. The first-order valence-electron chi connectivity index (χ1n) is 7.86. The highest BCUT2D eigenvalue weighted by molar-refractivity contribution is 6.36. The molecule has 0 saturated heterocycles. The van der Waals surface area contributed by atoms with E-state index in [0.717, 1.165) is 28.5 Å². The van der Waals surface area contributed by atoms with Crippen molar-refractivity contribution in [1.29, 1.82) is 0 Å². The first-order chi connectivity index (χ1) is 11.9. The molecule has 25 heavy (non-hydrogen) atoms. The van der Waals surface area contributed by atoms with Crippen LogP contribution < -0.4 is 11.1 Å². The van der Waals surface area contributed by atoms with Gasteiger partial charge in [-0.1, -0.05) is 23.2 Å². The number of aromatic nitrogens is 2. The zero-order chi connectivity index (χ0) is 18.4. The molecule has 1 heterocycles. The molecule has 0 amide bonds. The van der Waals surface area contributed by atoms with Crippen molar-refractivity contribution in [3.63, 3.8) is 0 Å². The van der Waals surface area contributed by atoms with Crippen molar-refractivity contribution in [2.75, 3.05) is 11.9 Å². The molecule has 1 aromatic heterocycles. The largest absolute Gasteiger partial charge is 0.404 e. The lowest BCUT2D eigenvalue weighted by atomic mass is 10.2. The lowest BCUT2D eigenvalue weighted by Crippen LogP contribution is -2.09. The molecule has 0 atom stereocenters. The van der Waals surface area contributed by atoms with Crippen molar-refractivity contribution in [3.8, 4) is 0 Å². The molecule has 0 aliphatic rings. The third-order valence-corrected chi connectivity index (χ3v) is 4.24. The number of halogens is 2. The second kappa shape index (κ2) is 8.83. The number of nitrogens with one attached hydrogen (secondary N) is 1. The standard InChI is InChI=1S/C18H21Cl2N5/c1-11-12(2)24-13(3)25-18(11)22-7-6-14(9-21)10-23-17-5-4-15(19)8-16(17)20/h4-5,8-10H,6-7,21H2,1-3H3,(H,22,24,25). The molecule has 132 valence electrons. The van der Waals surface area contributed by atoms with Gasteiger partial charge in [-0.25, -0.2) is 9.97 Å². The van der Waals surface area contributed by atoms with E-state index in [0.29, 0.717) is 28.7 Å². The highest BCUT2D eigenvalue weighted by Crippen LogP contribution is 2.27. The molecule has 0 bridgehead atoms. The maximum atomic E-state index is 6.11. The molecule has 0 aliphatic heterocycles. The minimum absolute atomic E-state index is 0.501. The molecule has 7 heteroatoms. The van der Waals surface area contributed by atoms with Crippen molar-refractivity contribution in [2.24, 2.45) is 10.7 Å².